The van der Waals surface area contributed by atoms with E-state index in [1.54, 1.807) is 18.2 Å². The molecule has 0 aromatic heterocycles. The summed E-state index contributed by atoms with van der Waals surface area (Å²) in [6, 6.07) is 5.05. The van der Waals surface area contributed by atoms with Crippen molar-refractivity contribution in [3.63, 3.8) is 0 Å². The number of ether oxygens (including phenoxy) is 1. The molecule has 116 valence electrons. The lowest BCUT2D eigenvalue weighted by molar-refractivity contribution is -0.119. The van der Waals surface area contributed by atoms with Crippen LogP contribution in [0.2, 0.25) is 0 Å². The highest BCUT2D eigenvalue weighted by atomic mass is 35.5. The van der Waals surface area contributed by atoms with E-state index in [1.165, 1.54) is 7.11 Å². The maximum atomic E-state index is 12.3. The maximum absolute atomic E-state index is 12.3. The largest absolute Gasteiger partial charge is 0.504 e. The molecule has 5 heteroatoms. The molecule has 1 aliphatic carbocycles. The molecule has 1 aliphatic rings. The standard InChI is InChI=1S/C16H21NO3.ClH/c1-16(2,17)12-6-5-11(15(12)19)8-10-4-7-13(18)14(9-10)20-3;/h4,7-9,12,18H,5-6,17H2,1-3H3;1H/b11-8-;. The van der Waals surface area contributed by atoms with Gasteiger partial charge < -0.3 is 15.6 Å². The number of carbonyl (C=O) groups excluding carboxylic acids is 1. The van der Waals surface area contributed by atoms with Gasteiger partial charge in [-0.2, -0.15) is 0 Å². The van der Waals surface area contributed by atoms with Crippen LogP contribution in [0.15, 0.2) is 23.8 Å². The number of hydrogen-bond donors (Lipinski definition) is 2. The quantitative estimate of drug-likeness (QED) is 0.842. The van der Waals surface area contributed by atoms with Crippen LogP contribution in [-0.4, -0.2) is 23.5 Å². The van der Waals surface area contributed by atoms with Crippen molar-refractivity contribution in [3.8, 4) is 11.5 Å². The Morgan fingerprint density at radius 2 is 2.10 bits per heavy atom. The Morgan fingerprint density at radius 3 is 2.62 bits per heavy atom. The van der Waals surface area contributed by atoms with Crippen LogP contribution in [0.5, 0.6) is 11.5 Å². The summed E-state index contributed by atoms with van der Waals surface area (Å²) >= 11 is 0. The second-order valence-electron chi connectivity index (χ2n) is 5.88. The molecular weight excluding hydrogens is 290 g/mol. The molecule has 21 heavy (non-hydrogen) atoms. The van der Waals surface area contributed by atoms with Crippen LogP contribution >= 0.6 is 12.4 Å². The first-order valence-corrected chi connectivity index (χ1v) is 6.73. The van der Waals surface area contributed by atoms with Gasteiger partial charge >= 0.3 is 0 Å². The molecular formula is C16H22ClNO3. The van der Waals surface area contributed by atoms with E-state index in [4.69, 9.17) is 10.5 Å². The highest BCUT2D eigenvalue weighted by Crippen LogP contribution is 2.35. The lowest BCUT2D eigenvalue weighted by Gasteiger charge is -2.24. The minimum Gasteiger partial charge on any atom is -0.504 e. The number of methoxy groups -OCH3 is 1. The number of phenols is 1. The number of nitrogens with two attached hydrogens (primary N) is 1. The Balaban J connectivity index is 0.00000220. The summed E-state index contributed by atoms with van der Waals surface area (Å²) in [7, 11) is 1.50. The summed E-state index contributed by atoms with van der Waals surface area (Å²) in [6.07, 6.45) is 3.40. The Labute approximate surface area is 131 Å². The summed E-state index contributed by atoms with van der Waals surface area (Å²) < 4.78 is 5.07. The zero-order valence-electron chi connectivity index (χ0n) is 12.6. The number of allylic oxidation sites excluding steroid dienone is 1. The normalized spacial score (nSPS) is 20.5. The van der Waals surface area contributed by atoms with Gasteiger partial charge in [-0.1, -0.05) is 6.07 Å². The van der Waals surface area contributed by atoms with E-state index in [1.807, 2.05) is 19.9 Å². The molecule has 4 nitrogen and oxygen atoms in total. The van der Waals surface area contributed by atoms with Crippen LogP contribution in [0.4, 0.5) is 0 Å². The van der Waals surface area contributed by atoms with Gasteiger partial charge in [-0.3, -0.25) is 4.79 Å². The van der Waals surface area contributed by atoms with Crippen LogP contribution in [0.25, 0.3) is 6.08 Å². The number of carbonyl (C=O) groups is 1. The van der Waals surface area contributed by atoms with Crippen molar-refractivity contribution in [2.45, 2.75) is 32.2 Å². The summed E-state index contributed by atoms with van der Waals surface area (Å²) in [5, 5.41) is 9.57. The van der Waals surface area contributed by atoms with Gasteiger partial charge in [-0.25, -0.2) is 0 Å². The predicted molar refractivity (Wildman–Crippen MR) is 85.9 cm³/mol. The topological polar surface area (TPSA) is 72.5 Å². The van der Waals surface area contributed by atoms with Gasteiger partial charge in [-0.15, -0.1) is 12.4 Å². The molecule has 2 rings (SSSR count). The number of benzene rings is 1. The van der Waals surface area contributed by atoms with Gasteiger partial charge in [0.2, 0.25) is 0 Å². The van der Waals surface area contributed by atoms with Crippen molar-refractivity contribution in [1.82, 2.24) is 0 Å². The molecule has 0 spiro atoms. The molecule has 1 saturated carbocycles. The van der Waals surface area contributed by atoms with Gasteiger partial charge in [0, 0.05) is 11.5 Å². The number of halogens is 1. The number of ketones is 1. The van der Waals surface area contributed by atoms with E-state index in [-0.39, 0.29) is 29.9 Å². The van der Waals surface area contributed by atoms with Crippen LogP contribution in [-0.2, 0) is 4.79 Å². The monoisotopic (exact) mass is 311 g/mol. The first-order valence-electron chi connectivity index (χ1n) is 6.73. The first-order chi connectivity index (χ1) is 9.32. The van der Waals surface area contributed by atoms with Crippen molar-refractivity contribution in [1.29, 1.82) is 0 Å². The third kappa shape index (κ3) is 3.77. The molecule has 0 aliphatic heterocycles. The average molecular weight is 312 g/mol. The van der Waals surface area contributed by atoms with Gasteiger partial charge in [0.05, 0.1) is 7.11 Å². The molecule has 1 aromatic rings. The fourth-order valence-corrected chi connectivity index (χ4v) is 2.62. The van der Waals surface area contributed by atoms with Crippen LogP contribution in [0, 0.1) is 5.92 Å². The van der Waals surface area contributed by atoms with E-state index < -0.39 is 5.54 Å². The molecule has 1 fully saturated rings. The Bertz CT molecular complexity index is 561. The third-order valence-corrected chi connectivity index (χ3v) is 3.78. The number of hydrogen-bond acceptors (Lipinski definition) is 4. The maximum Gasteiger partial charge on any atom is 0.163 e. The third-order valence-electron chi connectivity index (χ3n) is 3.78. The highest BCUT2D eigenvalue weighted by molar-refractivity contribution is 6.03. The van der Waals surface area contributed by atoms with E-state index in [0.29, 0.717) is 5.75 Å². The van der Waals surface area contributed by atoms with Gasteiger partial charge in [0.15, 0.2) is 17.3 Å². The van der Waals surface area contributed by atoms with E-state index in [9.17, 15) is 9.90 Å². The van der Waals surface area contributed by atoms with Crippen LogP contribution in [0.3, 0.4) is 0 Å². The number of phenolic OH excluding ortho intramolecular Hbond substituents is 1. The van der Waals surface area contributed by atoms with Crippen molar-refractivity contribution >= 4 is 24.3 Å². The highest BCUT2D eigenvalue weighted by Gasteiger charge is 2.37. The van der Waals surface area contributed by atoms with E-state index in [2.05, 4.69) is 0 Å². The van der Waals surface area contributed by atoms with Crippen LogP contribution < -0.4 is 10.5 Å². The Morgan fingerprint density at radius 1 is 1.43 bits per heavy atom. The zero-order chi connectivity index (χ0) is 14.9. The molecule has 0 amide bonds. The van der Waals surface area contributed by atoms with E-state index in [0.717, 1.165) is 24.0 Å². The molecule has 0 heterocycles. The predicted octanol–water partition coefficient (Wildman–Crippen LogP) is 2.92. The summed E-state index contributed by atoms with van der Waals surface area (Å²) in [5.41, 5.74) is 7.20. The fraction of sp³-hybridized carbons (Fsp3) is 0.438. The Hall–Kier alpha value is -1.52. The smallest absolute Gasteiger partial charge is 0.163 e. The zero-order valence-corrected chi connectivity index (χ0v) is 13.4. The first kappa shape index (κ1) is 17.5. The lowest BCUT2D eigenvalue weighted by Crippen LogP contribution is -2.42. The minimum absolute atomic E-state index is 0. The van der Waals surface area contributed by atoms with E-state index >= 15 is 0 Å². The fourth-order valence-electron chi connectivity index (χ4n) is 2.62. The van der Waals surface area contributed by atoms with Crippen molar-refractivity contribution in [2.75, 3.05) is 7.11 Å². The molecule has 3 N–H and O–H groups in total. The second kappa shape index (κ2) is 6.50. The van der Waals surface area contributed by atoms with Gasteiger partial charge in [0.1, 0.15) is 0 Å². The molecule has 1 aromatic carbocycles. The summed E-state index contributed by atoms with van der Waals surface area (Å²) in [5.74, 6) is 0.506. The summed E-state index contributed by atoms with van der Waals surface area (Å²) in [4.78, 5) is 12.3. The molecule has 0 radical (unpaired) electrons. The van der Waals surface area contributed by atoms with Crippen molar-refractivity contribution in [3.05, 3.63) is 29.3 Å². The summed E-state index contributed by atoms with van der Waals surface area (Å²) in [6.45, 7) is 3.78. The number of aromatic hydroxyl groups is 1. The second-order valence-corrected chi connectivity index (χ2v) is 5.88. The Kier molecular flexibility index (Phi) is 5.42. The van der Waals surface area contributed by atoms with Crippen molar-refractivity contribution in [2.24, 2.45) is 11.7 Å². The molecule has 0 bridgehead atoms. The molecule has 1 atom stereocenters. The van der Waals surface area contributed by atoms with Gasteiger partial charge in [0.25, 0.3) is 0 Å². The van der Waals surface area contributed by atoms with Crippen molar-refractivity contribution < 1.29 is 14.6 Å². The molecule has 1 unspecified atom stereocenters. The van der Waals surface area contributed by atoms with Gasteiger partial charge in [-0.05, 0) is 56.0 Å². The lowest BCUT2D eigenvalue weighted by atomic mass is 9.86. The van der Waals surface area contributed by atoms with Crippen LogP contribution in [0.1, 0.15) is 32.3 Å². The minimum atomic E-state index is -0.487. The molecule has 0 saturated heterocycles. The number of rotatable bonds is 3. The average Bonchev–Trinajstić information content (AvgIpc) is 2.73. The SMILES string of the molecule is COc1cc(/C=C2/CCC(C(C)(C)N)C2=O)ccc1O.Cl. The number of Topliss-reactive ketones (excluding diaryl/α,β-unsaturated/α-hetero) is 1.